The van der Waals surface area contributed by atoms with E-state index < -0.39 is 6.09 Å². The van der Waals surface area contributed by atoms with E-state index in [1.54, 1.807) is 19.3 Å². The van der Waals surface area contributed by atoms with Gasteiger partial charge >= 0.3 is 6.09 Å². The molecule has 160 valence electrons. The average Bonchev–Trinajstić information content (AvgIpc) is 3.06. The van der Waals surface area contributed by atoms with Crippen LogP contribution < -0.4 is 10.6 Å². The molecule has 2 N–H and O–H groups in total. The molecule has 2 rings (SSSR count). The number of alkyl carbamates (subject to hydrolysis) is 1. The highest BCUT2D eigenvalue weighted by Crippen LogP contribution is 2.38. The zero-order chi connectivity index (χ0) is 22.1. The Morgan fingerprint density at radius 3 is 2.80 bits per heavy atom. The van der Waals surface area contributed by atoms with Crippen LogP contribution in [0.2, 0.25) is 0 Å². The largest absolute Gasteiger partial charge is 0.497 e. The predicted molar refractivity (Wildman–Crippen MR) is 117 cm³/mol. The Kier molecular flexibility index (Phi) is 8.69. The van der Waals surface area contributed by atoms with Gasteiger partial charge in [0.1, 0.15) is 22.9 Å². The van der Waals surface area contributed by atoms with Crippen LogP contribution in [0.5, 0.6) is 0 Å². The summed E-state index contributed by atoms with van der Waals surface area (Å²) in [6.45, 7) is 9.90. The molecular weight excluding hydrogens is 402 g/mol. The van der Waals surface area contributed by atoms with E-state index in [9.17, 15) is 14.9 Å². The fourth-order valence-electron chi connectivity index (χ4n) is 3.14. The van der Waals surface area contributed by atoms with Gasteiger partial charge in [0.05, 0.1) is 12.7 Å². The van der Waals surface area contributed by atoms with Crippen LogP contribution in [-0.2, 0) is 27.1 Å². The zero-order valence-electron chi connectivity index (χ0n) is 17.4. The monoisotopic (exact) mass is 429 g/mol. The third kappa shape index (κ3) is 6.22. The molecule has 1 aromatic heterocycles. The van der Waals surface area contributed by atoms with Crippen molar-refractivity contribution < 1.29 is 19.1 Å². The molecule has 0 saturated heterocycles. The van der Waals surface area contributed by atoms with Crippen LogP contribution in [0.4, 0.5) is 9.80 Å². The Bertz CT molecular complexity index is 895. The van der Waals surface area contributed by atoms with Crippen molar-refractivity contribution in [3.8, 4) is 6.07 Å². The summed E-state index contributed by atoms with van der Waals surface area (Å²) in [6, 6.07) is 2.21. The maximum Gasteiger partial charge on any atom is 0.407 e. The van der Waals surface area contributed by atoms with Crippen LogP contribution in [0.1, 0.15) is 42.2 Å². The van der Waals surface area contributed by atoms with Crippen molar-refractivity contribution in [2.75, 3.05) is 19.0 Å². The van der Waals surface area contributed by atoms with E-state index in [1.165, 1.54) is 11.3 Å². The molecule has 30 heavy (non-hydrogen) atoms. The number of rotatable bonds is 9. The first-order chi connectivity index (χ1) is 14.4. The summed E-state index contributed by atoms with van der Waals surface area (Å²) in [5, 5.41) is 15.6. The molecule has 1 aliphatic rings. The Hall–Kier alpha value is -3.05. The maximum atomic E-state index is 12.4. The Morgan fingerprint density at radius 2 is 2.17 bits per heavy atom. The summed E-state index contributed by atoms with van der Waals surface area (Å²) >= 11 is 1.38. The minimum Gasteiger partial charge on any atom is -0.497 e. The number of amides is 2. The summed E-state index contributed by atoms with van der Waals surface area (Å²) in [5.74, 6) is 0.398. The lowest BCUT2D eigenvalue weighted by atomic mass is 9.94. The van der Waals surface area contributed by atoms with E-state index in [-0.39, 0.29) is 18.4 Å². The molecule has 2 amide bonds. The van der Waals surface area contributed by atoms with Gasteiger partial charge in [-0.25, -0.2) is 4.79 Å². The van der Waals surface area contributed by atoms with E-state index in [0.717, 1.165) is 16.0 Å². The van der Waals surface area contributed by atoms with Crippen molar-refractivity contribution >= 4 is 28.3 Å². The van der Waals surface area contributed by atoms with Gasteiger partial charge in [-0.15, -0.1) is 11.3 Å². The van der Waals surface area contributed by atoms with Gasteiger partial charge in [-0.3, -0.25) is 4.79 Å². The summed E-state index contributed by atoms with van der Waals surface area (Å²) < 4.78 is 10.5. The minimum absolute atomic E-state index is 0.188. The molecule has 7 nitrogen and oxygen atoms in total. The number of fused-ring (bicyclic) bond motifs is 1. The Morgan fingerprint density at radius 1 is 1.40 bits per heavy atom. The van der Waals surface area contributed by atoms with E-state index in [2.05, 4.69) is 29.9 Å². The summed E-state index contributed by atoms with van der Waals surface area (Å²) in [4.78, 5) is 25.0. The fraction of sp³-hybridized carbons (Fsp3) is 0.409. The van der Waals surface area contributed by atoms with Crippen LogP contribution in [0.3, 0.4) is 0 Å². The van der Waals surface area contributed by atoms with Crippen LogP contribution in [-0.4, -0.2) is 31.8 Å². The molecule has 0 aliphatic heterocycles. The zero-order valence-corrected chi connectivity index (χ0v) is 18.2. The standard InChI is InChI=1S/C22H27N3O4S/c1-5-15(28-4)11-14(3)7-10-20(26)25-21-18(13-23)17-9-8-16(12-19(17)30-21)29-22(27)24-6-2/h5,11,16H,1,3,6-10,12H2,2,4H3,(H,24,27)(H,25,26)/b15-11+. The first kappa shape index (κ1) is 23.2. The number of nitriles is 1. The molecule has 0 spiro atoms. The van der Waals surface area contributed by atoms with E-state index in [1.807, 2.05) is 6.92 Å². The minimum atomic E-state index is -0.432. The quantitative estimate of drug-likeness (QED) is 0.452. The van der Waals surface area contributed by atoms with E-state index >= 15 is 0 Å². The number of nitrogens with one attached hydrogen (secondary N) is 2. The topological polar surface area (TPSA) is 100 Å². The van der Waals surface area contributed by atoms with Crippen molar-refractivity contribution in [2.24, 2.45) is 0 Å². The normalized spacial score (nSPS) is 15.4. The summed E-state index contributed by atoms with van der Waals surface area (Å²) in [7, 11) is 1.54. The first-order valence-corrected chi connectivity index (χ1v) is 10.6. The fourth-order valence-corrected chi connectivity index (χ4v) is 4.42. The number of carbonyl (C=O) groups is 2. The molecule has 0 aromatic carbocycles. The van der Waals surface area contributed by atoms with Gasteiger partial charge in [0.2, 0.25) is 5.91 Å². The number of hydrogen-bond donors (Lipinski definition) is 2. The Labute approximate surface area is 181 Å². The van der Waals surface area contributed by atoms with Crippen molar-refractivity contribution in [3.05, 3.63) is 52.6 Å². The lowest BCUT2D eigenvalue weighted by Crippen LogP contribution is -2.31. The van der Waals surface area contributed by atoms with Gasteiger partial charge < -0.3 is 20.1 Å². The summed E-state index contributed by atoms with van der Waals surface area (Å²) in [5.41, 5.74) is 2.20. The maximum absolute atomic E-state index is 12.4. The van der Waals surface area contributed by atoms with Crippen molar-refractivity contribution in [1.82, 2.24) is 5.32 Å². The second-order valence-electron chi connectivity index (χ2n) is 6.78. The number of anilines is 1. The molecule has 0 radical (unpaired) electrons. The molecule has 0 fully saturated rings. The summed E-state index contributed by atoms with van der Waals surface area (Å²) in [6.07, 6.45) is 5.18. The highest BCUT2D eigenvalue weighted by molar-refractivity contribution is 7.16. The number of thiophene rings is 1. The molecule has 1 atom stereocenters. The van der Waals surface area contributed by atoms with Gasteiger partial charge in [0, 0.05) is 24.3 Å². The molecule has 0 saturated carbocycles. The third-order valence-electron chi connectivity index (χ3n) is 4.64. The highest BCUT2D eigenvalue weighted by atomic mass is 32.1. The number of ether oxygens (including phenoxy) is 2. The van der Waals surface area contributed by atoms with Crippen LogP contribution in [0.25, 0.3) is 0 Å². The van der Waals surface area contributed by atoms with E-state index in [0.29, 0.717) is 48.6 Å². The molecule has 0 bridgehead atoms. The smallest absolute Gasteiger partial charge is 0.407 e. The van der Waals surface area contributed by atoms with Crippen LogP contribution in [0.15, 0.2) is 36.6 Å². The van der Waals surface area contributed by atoms with Crippen molar-refractivity contribution in [1.29, 1.82) is 5.26 Å². The lowest BCUT2D eigenvalue weighted by molar-refractivity contribution is -0.116. The number of allylic oxidation sites excluding steroid dienone is 3. The second kappa shape index (κ2) is 11.2. The van der Waals surface area contributed by atoms with Gasteiger partial charge in [0.15, 0.2) is 0 Å². The molecule has 8 heteroatoms. The molecule has 1 aliphatic carbocycles. The SMILES string of the molecule is C=C/C(=C\C(=C)CCC(=O)Nc1sc2c(c1C#N)CCC(OC(=O)NCC)C2)OC. The predicted octanol–water partition coefficient (Wildman–Crippen LogP) is 4.21. The number of hydrogen-bond acceptors (Lipinski definition) is 6. The van der Waals surface area contributed by atoms with Crippen molar-refractivity contribution in [2.45, 2.75) is 45.1 Å². The van der Waals surface area contributed by atoms with Gasteiger partial charge in [0.25, 0.3) is 0 Å². The lowest BCUT2D eigenvalue weighted by Gasteiger charge is -2.22. The van der Waals surface area contributed by atoms with Crippen molar-refractivity contribution in [3.63, 3.8) is 0 Å². The number of methoxy groups -OCH3 is 1. The molecule has 1 aromatic rings. The van der Waals surface area contributed by atoms with Gasteiger partial charge in [-0.05, 0) is 43.9 Å². The Balaban J connectivity index is 2.00. The highest BCUT2D eigenvalue weighted by Gasteiger charge is 2.28. The molecule has 1 heterocycles. The second-order valence-corrected chi connectivity index (χ2v) is 7.89. The van der Waals surface area contributed by atoms with Crippen LogP contribution >= 0.6 is 11.3 Å². The first-order valence-electron chi connectivity index (χ1n) is 9.76. The third-order valence-corrected chi connectivity index (χ3v) is 5.81. The molecule has 1 unspecified atom stereocenters. The van der Waals surface area contributed by atoms with E-state index in [4.69, 9.17) is 9.47 Å². The van der Waals surface area contributed by atoms with Gasteiger partial charge in [-0.1, -0.05) is 18.7 Å². The van der Waals surface area contributed by atoms with Gasteiger partial charge in [-0.2, -0.15) is 5.26 Å². The van der Waals surface area contributed by atoms with Crippen LogP contribution in [0, 0.1) is 11.3 Å². The number of carbonyl (C=O) groups excluding carboxylic acids is 2. The molecular formula is C22H27N3O4S. The average molecular weight is 430 g/mol. The number of nitrogens with zero attached hydrogens (tertiary/aromatic N) is 1.